The zero-order chi connectivity index (χ0) is 8.69. The molecule has 0 saturated heterocycles. The molecule has 1 N–H and O–H groups in total. The fraction of sp³-hybridized carbons (Fsp3) is 1.00. The third kappa shape index (κ3) is 6.32. The van der Waals surface area contributed by atoms with Crippen LogP contribution in [0.4, 0.5) is 0 Å². The van der Waals surface area contributed by atoms with Gasteiger partial charge in [0.2, 0.25) is 0 Å². The van der Waals surface area contributed by atoms with Gasteiger partial charge in [-0.1, -0.05) is 20.3 Å². The molecular formula is C9H20O2. The van der Waals surface area contributed by atoms with Crippen LogP contribution in [0.1, 0.15) is 33.1 Å². The predicted molar refractivity (Wildman–Crippen MR) is 46.6 cm³/mol. The first-order chi connectivity index (χ1) is 5.20. The van der Waals surface area contributed by atoms with Crippen molar-refractivity contribution in [3.05, 3.63) is 0 Å². The van der Waals surface area contributed by atoms with E-state index in [9.17, 15) is 5.11 Å². The Bertz CT molecular complexity index is 83.6. The smallest absolute Gasteiger partial charge is 0.0773 e. The maximum atomic E-state index is 9.27. The van der Waals surface area contributed by atoms with Crippen molar-refractivity contribution < 1.29 is 9.84 Å². The largest absolute Gasteiger partial charge is 0.391 e. The van der Waals surface area contributed by atoms with Gasteiger partial charge >= 0.3 is 0 Å². The molecule has 2 nitrogen and oxygen atoms in total. The Balaban J connectivity index is 3.22. The summed E-state index contributed by atoms with van der Waals surface area (Å²) in [6, 6.07) is 0. The van der Waals surface area contributed by atoms with Gasteiger partial charge < -0.3 is 9.84 Å². The molecule has 0 aromatic heterocycles. The molecule has 0 rings (SSSR count). The van der Waals surface area contributed by atoms with Gasteiger partial charge in [-0.15, -0.1) is 0 Å². The summed E-state index contributed by atoms with van der Waals surface area (Å²) in [4.78, 5) is 0. The second-order valence-electron chi connectivity index (χ2n) is 3.20. The summed E-state index contributed by atoms with van der Waals surface area (Å²) < 4.78 is 4.82. The second-order valence-corrected chi connectivity index (χ2v) is 3.20. The molecule has 0 fully saturated rings. The molecule has 0 aliphatic carbocycles. The van der Waals surface area contributed by atoms with E-state index in [2.05, 4.69) is 13.8 Å². The molecule has 0 spiro atoms. The molecule has 0 heterocycles. The highest BCUT2D eigenvalue weighted by atomic mass is 16.5. The lowest BCUT2D eigenvalue weighted by Crippen LogP contribution is -2.14. The van der Waals surface area contributed by atoms with Crippen LogP contribution >= 0.6 is 0 Å². The topological polar surface area (TPSA) is 29.5 Å². The van der Waals surface area contributed by atoms with Gasteiger partial charge in [0.15, 0.2) is 0 Å². The highest BCUT2D eigenvalue weighted by Crippen LogP contribution is 2.11. The van der Waals surface area contributed by atoms with Gasteiger partial charge in [0.1, 0.15) is 0 Å². The second kappa shape index (κ2) is 6.62. The Kier molecular flexibility index (Phi) is 6.57. The van der Waals surface area contributed by atoms with E-state index in [1.165, 1.54) is 6.42 Å². The molecule has 2 atom stereocenters. The molecule has 2 heteroatoms. The minimum Gasteiger partial charge on any atom is -0.391 e. The molecule has 2 unspecified atom stereocenters. The number of rotatable bonds is 6. The Labute approximate surface area is 69.6 Å². The van der Waals surface area contributed by atoms with Gasteiger partial charge in [-0.05, 0) is 18.8 Å². The van der Waals surface area contributed by atoms with Crippen LogP contribution in [0.2, 0.25) is 0 Å². The molecule has 68 valence electrons. The quantitative estimate of drug-likeness (QED) is 0.642. The third-order valence-corrected chi connectivity index (χ3v) is 2.05. The lowest BCUT2D eigenvalue weighted by molar-refractivity contribution is 0.0553. The van der Waals surface area contributed by atoms with Gasteiger partial charge in [-0.25, -0.2) is 0 Å². The van der Waals surface area contributed by atoms with E-state index in [0.717, 1.165) is 18.8 Å². The van der Waals surface area contributed by atoms with Crippen LogP contribution in [-0.2, 0) is 4.74 Å². The molecule has 0 radical (unpaired) electrons. The minimum atomic E-state index is -0.269. The van der Waals surface area contributed by atoms with Crippen molar-refractivity contribution >= 4 is 0 Å². The van der Waals surface area contributed by atoms with Crippen LogP contribution in [0.15, 0.2) is 0 Å². The predicted octanol–water partition coefficient (Wildman–Crippen LogP) is 1.82. The summed E-state index contributed by atoms with van der Waals surface area (Å²) in [5.74, 6) is 0.724. The SMILES string of the molecule is CCC(C)CCC(O)COC. The van der Waals surface area contributed by atoms with Crippen LogP contribution in [0, 0.1) is 5.92 Å². The van der Waals surface area contributed by atoms with Gasteiger partial charge in [0.25, 0.3) is 0 Å². The van der Waals surface area contributed by atoms with Crippen molar-refractivity contribution in [3.63, 3.8) is 0 Å². The molecule has 11 heavy (non-hydrogen) atoms. The summed E-state index contributed by atoms with van der Waals surface area (Å²) in [6.07, 6.45) is 2.89. The summed E-state index contributed by atoms with van der Waals surface area (Å²) in [5, 5.41) is 9.27. The number of aliphatic hydroxyl groups is 1. The summed E-state index contributed by atoms with van der Waals surface area (Å²) in [6.45, 7) is 4.85. The number of hydrogen-bond donors (Lipinski definition) is 1. The molecule has 0 amide bonds. The summed E-state index contributed by atoms with van der Waals surface area (Å²) in [7, 11) is 1.62. The lowest BCUT2D eigenvalue weighted by atomic mass is 10.0. The Morgan fingerprint density at radius 1 is 1.36 bits per heavy atom. The minimum absolute atomic E-state index is 0.269. The van der Waals surface area contributed by atoms with Crippen LogP contribution in [0.5, 0.6) is 0 Å². The standard InChI is InChI=1S/C9H20O2/c1-4-8(2)5-6-9(10)7-11-3/h8-10H,4-7H2,1-3H3. The number of ether oxygens (including phenoxy) is 1. The summed E-state index contributed by atoms with van der Waals surface area (Å²) >= 11 is 0. The van der Waals surface area contributed by atoms with E-state index >= 15 is 0 Å². The van der Waals surface area contributed by atoms with Crippen molar-refractivity contribution in [2.75, 3.05) is 13.7 Å². The molecule has 0 saturated carbocycles. The van der Waals surface area contributed by atoms with Crippen molar-refractivity contribution in [2.24, 2.45) is 5.92 Å². The number of aliphatic hydroxyl groups excluding tert-OH is 1. The van der Waals surface area contributed by atoms with E-state index in [-0.39, 0.29) is 6.10 Å². The maximum Gasteiger partial charge on any atom is 0.0773 e. The fourth-order valence-electron chi connectivity index (χ4n) is 0.957. The highest BCUT2D eigenvalue weighted by molar-refractivity contribution is 4.57. The van der Waals surface area contributed by atoms with Crippen molar-refractivity contribution in [3.8, 4) is 0 Å². The fourth-order valence-corrected chi connectivity index (χ4v) is 0.957. The van der Waals surface area contributed by atoms with Crippen molar-refractivity contribution in [1.29, 1.82) is 0 Å². The van der Waals surface area contributed by atoms with E-state index in [4.69, 9.17) is 4.74 Å². The molecular weight excluding hydrogens is 140 g/mol. The maximum absolute atomic E-state index is 9.27. The Morgan fingerprint density at radius 3 is 2.45 bits per heavy atom. The first kappa shape index (κ1) is 10.9. The van der Waals surface area contributed by atoms with Gasteiger partial charge in [-0.2, -0.15) is 0 Å². The zero-order valence-electron chi connectivity index (χ0n) is 7.84. The van der Waals surface area contributed by atoms with Crippen molar-refractivity contribution in [1.82, 2.24) is 0 Å². The van der Waals surface area contributed by atoms with E-state index in [1.54, 1.807) is 7.11 Å². The van der Waals surface area contributed by atoms with E-state index in [1.807, 2.05) is 0 Å². The normalized spacial score (nSPS) is 16.4. The van der Waals surface area contributed by atoms with Crippen LogP contribution in [0.25, 0.3) is 0 Å². The monoisotopic (exact) mass is 160 g/mol. The molecule has 0 aliphatic rings. The van der Waals surface area contributed by atoms with Crippen LogP contribution in [-0.4, -0.2) is 24.9 Å². The zero-order valence-corrected chi connectivity index (χ0v) is 7.84. The first-order valence-electron chi connectivity index (χ1n) is 4.37. The molecule has 0 bridgehead atoms. The molecule has 0 aromatic carbocycles. The van der Waals surface area contributed by atoms with Crippen LogP contribution < -0.4 is 0 Å². The summed E-state index contributed by atoms with van der Waals surface area (Å²) in [5.41, 5.74) is 0. The van der Waals surface area contributed by atoms with Gasteiger partial charge in [0, 0.05) is 7.11 Å². The number of methoxy groups -OCH3 is 1. The number of hydrogen-bond acceptors (Lipinski definition) is 2. The average Bonchev–Trinajstić information content (AvgIpc) is 2.01. The molecule has 0 aliphatic heterocycles. The Morgan fingerprint density at radius 2 is 2.00 bits per heavy atom. The first-order valence-corrected chi connectivity index (χ1v) is 4.37. The Hall–Kier alpha value is -0.0800. The van der Waals surface area contributed by atoms with E-state index in [0.29, 0.717) is 6.61 Å². The van der Waals surface area contributed by atoms with Crippen LogP contribution in [0.3, 0.4) is 0 Å². The van der Waals surface area contributed by atoms with Gasteiger partial charge in [0.05, 0.1) is 12.7 Å². The third-order valence-electron chi connectivity index (χ3n) is 2.05. The molecule has 0 aromatic rings. The highest BCUT2D eigenvalue weighted by Gasteiger charge is 2.05. The van der Waals surface area contributed by atoms with Gasteiger partial charge in [-0.3, -0.25) is 0 Å². The lowest BCUT2D eigenvalue weighted by Gasteiger charge is -2.12. The van der Waals surface area contributed by atoms with Crippen molar-refractivity contribution in [2.45, 2.75) is 39.2 Å². The van der Waals surface area contributed by atoms with E-state index < -0.39 is 0 Å². The average molecular weight is 160 g/mol.